The van der Waals surface area contributed by atoms with Crippen LogP contribution in [0.4, 0.5) is 0 Å². The number of pyridine rings is 1. The molecule has 1 aliphatic carbocycles. The van der Waals surface area contributed by atoms with Crippen molar-refractivity contribution in [2.75, 3.05) is 27.2 Å². The van der Waals surface area contributed by atoms with Gasteiger partial charge >= 0.3 is 0 Å². The van der Waals surface area contributed by atoms with Crippen LogP contribution in [0.15, 0.2) is 48.5 Å². The fraction of sp³-hybridized carbons (Fsp3) is 0.400. The molecule has 0 bridgehead atoms. The lowest BCUT2D eigenvalue weighted by molar-refractivity contribution is 0.0987. The Balaban J connectivity index is 1.65. The summed E-state index contributed by atoms with van der Waals surface area (Å²) in [4.78, 5) is 7.65. The number of ether oxygens (including phenoxy) is 1. The molecule has 3 nitrogen and oxygen atoms in total. The first-order chi connectivity index (χ1) is 13.6. The van der Waals surface area contributed by atoms with Crippen LogP contribution in [0, 0.1) is 12.8 Å². The van der Waals surface area contributed by atoms with Crippen LogP contribution in [0.3, 0.4) is 0 Å². The molecule has 2 atom stereocenters. The Morgan fingerprint density at radius 3 is 2.89 bits per heavy atom. The minimum absolute atomic E-state index is 0.151. The predicted octanol–water partition coefficient (Wildman–Crippen LogP) is 4.54. The summed E-state index contributed by atoms with van der Waals surface area (Å²) in [5.41, 5.74) is 6.71. The van der Waals surface area contributed by atoms with Crippen LogP contribution < -0.4 is 4.74 Å². The molecule has 0 amide bonds. The van der Waals surface area contributed by atoms with Crippen molar-refractivity contribution >= 4 is 10.9 Å². The molecule has 0 radical (unpaired) electrons. The number of hydrogen-bond acceptors (Lipinski definition) is 3. The third kappa shape index (κ3) is 2.80. The number of hydrogen-bond donors (Lipinski definition) is 0. The maximum atomic E-state index is 5.56. The van der Waals surface area contributed by atoms with Gasteiger partial charge in [-0.15, -0.1) is 0 Å². The molecule has 0 saturated carbocycles. The van der Waals surface area contributed by atoms with Crippen molar-refractivity contribution in [1.82, 2.24) is 9.88 Å². The smallest absolute Gasteiger partial charge is 0.119 e. The van der Waals surface area contributed by atoms with Crippen molar-refractivity contribution in [3.05, 3.63) is 70.9 Å². The van der Waals surface area contributed by atoms with Crippen molar-refractivity contribution in [2.24, 2.45) is 5.92 Å². The monoisotopic (exact) mass is 372 g/mol. The second kappa shape index (κ2) is 6.59. The van der Waals surface area contributed by atoms with E-state index in [4.69, 9.17) is 9.72 Å². The molecule has 1 fully saturated rings. The third-order valence-electron chi connectivity index (χ3n) is 6.99. The standard InChI is InChI=1S/C25H28N2O/c1-17-7-8-18-12-19-13-21-16-27(2)10-9-25(21,15-24(19)26-23(18)11-17)20-5-4-6-22(14-20)28-3/h4-8,11-12,14,21H,9-10,13,15-16H2,1-3H3/t21-,25-/m0/s1. The highest BCUT2D eigenvalue weighted by Gasteiger charge is 2.47. The zero-order valence-electron chi connectivity index (χ0n) is 17.0. The minimum Gasteiger partial charge on any atom is -0.497 e. The lowest BCUT2D eigenvalue weighted by Crippen LogP contribution is -2.53. The Labute approximate surface area is 167 Å². The second-order valence-electron chi connectivity index (χ2n) is 8.77. The van der Waals surface area contributed by atoms with Gasteiger partial charge in [0, 0.05) is 29.5 Å². The maximum Gasteiger partial charge on any atom is 0.119 e. The molecule has 3 heteroatoms. The maximum absolute atomic E-state index is 5.56. The van der Waals surface area contributed by atoms with E-state index < -0.39 is 0 Å². The second-order valence-corrected chi connectivity index (χ2v) is 8.77. The fourth-order valence-corrected chi connectivity index (χ4v) is 5.40. The van der Waals surface area contributed by atoms with Gasteiger partial charge in [-0.05, 0) is 80.2 Å². The van der Waals surface area contributed by atoms with E-state index in [0.29, 0.717) is 5.92 Å². The molecule has 1 aromatic heterocycles. The summed E-state index contributed by atoms with van der Waals surface area (Å²) < 4.78 is 5.56. The fourth-order valence-electron chi connectivity index (χ4n) is 5.40. The summed E-state index contributed by atoms with van der Waals surface area (Å²) in [5, 5.41) is 1.27. The van der Waals surface area contributed by atoms with Crippen molar-refractivity contribution in [1.29, 1.82) is 0 Å². The number of piperidine rings is 1. The highest BCUT2D eigenvalue weighted by molar-refractivity contribution is 5.80. The minimum atomic E-state index is 0.151. The molecule has 1 saturated heterocycles. The molecule has 2 aromatic carbocycles. The Morgan fingerprint density at radius 2 is 2.04 bits per heavy atom. The average Bonchev–Trinajstić information content (AvgIpc) is 2.71. The van der Waals surface area contributed by atoms with Crippen LogP contribution in [0.1, 0.15) is 28.8 Å². The number of fused-ring (bicyclic) bond motifs is 3. The number of methoxy groups -OCH3 is 1. The molecule has 28 heavy (non-hydrogen) atoms. The van der Waals surface area contributed by atoms with Gasteiger partial charge in [0.1, 0.15) is 5.75 Å². The first-order valence-electron chi connectivity index (χ1n) is 10.3. The van der Waals surface area contributed by atoms with E-state index in [1.165, 1.54) is 34.2 Å². The number of nitrogens with zero attached hydrogens (tertiary/aromatic N) is 2. The van der Waals surface area contributed by atoms with Crippen LogP contribution in [-0.2, 0) is 18.3 Å². The first kappa shape index (κ1) is 17.7. The van der Waals surface area contributed by atoms with Gasteiger partial charge in [0.2, 0.25) is 0 Å². The molecule has 144 valence electrons. The molecule has 5 rings (SSSR count). The number of likely N-dealkylation sites (tertiary alicyclic amines) is 1. The normalized spacial score (nSPS) is 24.6. The molecule has 0 spiro atoms. The number of aromatic nitrogens is 1. The molecule has 0 unspecified atom stereocenters. The quantitative estimate of drug-likeness (QED) is 0.660. The molecule has 0 N–H and O–H groups in total. The van der Waals surface area contributed by atoms with E-state index in [2.05, 4.69) is 67.4 Å². The molecule has 1 aliphatic heterocycles. The average molecular weight is 373 g/mol. The van der Waals surface area contributed by atoms with E-state index in [0.717, 1.165) is 37.2 Å². The molecule has 3 aromatic rings. The van der Waals surface area contributed by atoms with Gasteiger partial charge in [0.25, 0.3) is 0 Å². The van der Waals surface area contributed by atoms with Gasteiger partial charge in [-0.2, -0.15) is 0 Å². The number of rotatable bonds is 2. The Bertz CT molecular complexity index is 1040. The van der Waals surface area contributed by atoms with Crippen molar-refractivity contribution < 1.29 is 4.74 Å². The molecular weight excluding hydrogens is 344 g/mol. The van der Waals surface area contributed by atoms with Crippen LogP contribution in [0.25, 0.3) is 10.9 Å². The number of benzene rings is 2. The summed E-state index contributed by atoms with van der Waals surface area (Å²) >= 11 is 0. The van der Waals surface area contributed by atoms with Gasteiger partial charge in [-0.1, -0.05) is 24.3 Å². The SMILES string of the molecule is COc1cccc([C@@]23CCN(C)C[C@@H]2Cc2cc4ccc(C)cc4nc2C3)c1. The molecule has 2 aliphatic rings. The van der Waals surface area contributed by atoms with Crippen LogP contribution in [-0.4, -0.2) is 37.1 Å². The topological polar surface area (TPSA) is 25.4 Å². The lowest BCUT2D eigenvalue weighted by Gasteiger charge is -2.50. The van der Waals surface area contributed by atoms with Gasteiger partial charge < -0.3 is 9.64 Å². The lowest BCUT2D eigenvalue weighted by atomic mass is 9.58. The van der Waals surface area contributed by atoms with Gasteiger partial charge in [0.05, 0.1) is 12.6 Å². The van der Waals surface area contributed by atoms with E-state index in [9.17, 15) is 0 Å². The van der Waals surface area contributed by atoms with Crippen molar-refractivity contribution in [2.45, 2.75) is 31.6 Å². The van der Waals surface area contributed by atoms with Crippen molar-refractivity contribution in [3.8, 4) is 5.75 Å². The summed E-state index contributed by atoms with van der Waals surface area (Å²) in [7, 11) is 4.02. The summed E-state index contributed by atoms with van der Waals surface area (Å²) in [6.45, 7) is 4.42. The van der Waals surface area contributed by atoms with Gasteiger partial charge in [-0.25, -0.2) is 0 Å². The largest absolute Gasteiger partial charge is 0.497 e. The Hall–Kier alpha value is -2.39. The highest BCUT2D eigenvalue weighted by Crippen LogP contribution is 2.48. The predicted molar refractivity (Wildman–Crippen MR) is 114 cm³/mol. The highest BCUT2D eigenvalue weighted by atomic mass is 16.5. The van der Waals surface area contributed by atoms with E-state index >= 15 is 0 Å². The van der Waals surface area contributed by atoms with Crippen LogP contribution in [0.2, 0.25) is 0 Å². The van der Waals surface area contributed by atoms with E-state index in [1.807, 2.05) is 0 Å². The first-order valence-corrected chi connectivity index (χ1v) is 10.3. The zero-order valence-corrected chi connectivity index (χ0v) is 17.0. The Kier molecular flexibility index (Phi) is 4.17. The van der Waals surface area contributed by atoms with Crippen LogP contribution >= 0.6 is 0 Å². The summed E-state index contributed by atoms with van der Waals surface area (Å²) in [6, 6.07) is 17.8. The summed E-state index contributed by atoms with van der Waals surface area (Å²) in [6.07, 6.45) is 3.31. The van der Waals surface area contributed by atoms with Gasteiger partial charge in [-0.3, -0.25) is 4.98 Å². The van der Waals surface area contributed by atoms with Crippen LogP contribution in [0.5, 0.6) is 5.75 Å². The van der Waals surface area contributed by atoms with Gasteiger partial charge in [0.15, 0.2) is 0 Å². The summed E-state index contributed by atoms with van der Waals surface area (Å²) in [5.74, 6) is 1.56. The molecular formula is C25H28N2O. The molecule has 2 heterocycles. The van der Waals surface area contributed by atoms with Crippen molar-refractivity contribution in [3.63, 3.8) is 0 Å². The zero-order chi connectivity index (χ0) is 19.3. The van der Waals surface area contributed by atoms with E-state index in [-0.39, 0.29) is 5.41 Å². The Morgan fingerprint density at radius 1 is 1.14 bits per heavy atom. The van der Waals surface area contributed by atoms with E-state index in [1.54, 1.807) is 7.11 Å². The third-order valence-corrected chi connectivity index (χ3v) is 6.99. The number of aryl methyl sites for hydroxylation is 1.